The van der Waals surface area contributed by atoms with E-state index in [-0.39, 0.29) is 17.3 Å². The number of hydrogen-bond donors (Lipinski definition) is 1. The number of carbonyl (C=O) groups is 1. The summed E-state index contributed by atoms with van der Waals surface area (Å²) in [5.74, 6) is 0.162. The summed E-state index contributed by atoms with van der Waals surface area (Å²) >= 11 is 0. The lowest BCUT2D eigenvalue weighted by Gasteiger charge is -2.35. The van der Waals surface area contributed by atoms with Gasteiger partial charge in [0.2, 0.25) is 15.9 Å². The Morgan fingerprint density at radius 3 is 2.38 bits per heavy atom. The average molecular weight is 451 g/mol. The van der Waals surface area contributed by atoms with E-state index in [9.17, 15) is 13.2 Å². The fourth-order valence-corrected chi connectivity index (χ4v) is 5.45. The molecule has 0 bridgehead atoms. The zero-order valence-electron chi connectivity index (χ0n) is 18.1. The van der Waals surface area contributed by atoms with Crippen molar-refractivity contribution >= 4 is 21.6 Å². The third-order valence-electron chi connectivity index (χ3n) is 5.58. The highest BCUT2D eigenvalue weighted by Crippen LogP contribution is 2.31. The summed E-state index contributed by atoms with van der Waals surface area (Å²) in [6.07, 6.45) is 0.296. The van der Waals surface area contributed by atoms with Crippen LogP contribution in [0.4, 0.5) is 5.69 Å². The normalized spacial score (nSPS) is 16.2. The number of fused-ring (bicyclic) bond motifs is 1. The number of benzene rings is 3. The number of sulfonamides is 1. The first-order valence-electron chi connectivity index (χ1n) is 10.6. The van der Waals surface area contributed by atoms with Gasteiger partial charge in [-0.1, -0.05) is 54.1 Å². The van der Waals surface area contributed by atoms with E-state index in [0.717, 1.165) is 16.7 Å². The van der Waals surface area contributed by atoms with Crippen LogP contribution in [-0.4, -0.2) is 31.3 Å². The minimum absolute atomic E-state index is 0.136. The largest absolute Gasteiger partial charge is 0.492 e. The number of carbonyl (C=O) groups excluding carboxylic acids is 1. The molecule has 1 N–H and O–H groups in total. The molecule has 1 aliphatic rings. The van der Waals surface area contributed by atoms with Crippen LogP contribution >= 0.6 is 0 Å². The number of rotatable bonds is 6. The quantitative estimate of drug-likeness (QED) is 0.612. The Morgan fingerprint density at radius 2 is 1.66 bits per heavy atom. The van der Waals surface area contributed by atoms with Crippen molar-refractivity contribution in [2.45, 2.75) is 37.8 Å². The van der Waals surface area contributed by atoms with E-state index in [2.05, 4.69) is 5.32 Å². The van der Waals surface area contributed by atoms with Gasteiger partial charge in [0.05, 0.1) is 17.2 Å². The predicted octanol–water partition coefficient (Wildman–Crippen LogP) is 4.15. The Morgan fingerprint density at radius 1 is 1.00 bits per heavy atom. The van der Waals surface area contributed by atoms with E-state index in [4.69, 9.17) is 4.74 Å². The maximum absolute atomic E-state index is 13.6. The van der Waals surface area contributed by atoms with Gasteiger partial charge in [-0.15, -0.1) is 0 Å². The molecule has 1 aliphatic heterocycles. The first-order chi connectivity index (χ1) is 15.4. The number of aryl methyl sites for hydroxylation is 1. The van der Waals surface area contributed by atoms with E-state index in [1.165, 1.54) is 4.31 Å². The van der Waals surface area contributed by atoms with Crippen molar-refractivity contribution in [2.75, 3.05) is 11.9 Å². The molecule has 4 rings (SSSR count). The van der Waals surface area contributed by atoms with Gasteiger partial charge >= 0.3 is 0 Å². The molecule has 0 fully saturated rings. The molecule has 3 aromatic rings. The van der Waals surface area contributed by atoms with Crippen molar-refractivity contribution in [3.05, 3.63) is 89.5 Å². The number of hydrogen-bond acceptors (Lipinski definition) is 4. The molecule has 0 saturated heterocycles. The third kappa shape index (κ3) is 4.40. The lowest BCUT2D eigenvalue weighted by molar-refractivity contribution is -0.120. The average Bonchev–Trinajstić information content (AvgIpc) is 2.80. The standard InChI is InChI=1S/C25H26N2O4S/c1-3-31-24-11-7-6-10-22(24)26-25(28)23-16-19-8-4-5-9-20(19)17-27(23)32(29,30)21-14-12-18(2)13-15-21/h4-15,23H,3,16-17H2,1-2H3,(H,26,28)/t23-/m1/s1. The molecule has 0 unspecified atom stereocenters. The molecule has 0 radical (unpaired) electrons. The van der Waals surface area contributed by atoms with Crippen LogP contribution < -0.4 is 10.1 Å². The molecule has 1 heterocycles. The van der Waals surface area contributed by atoms with Crippen molar-refractivity contribution in [3.8, 4) is 5.75 Å². The van der Waals surface area contributed by atoms with Crippen LogP contribution in [0.2, 0.25) is 0 Å². The van der Waals surface area contributed by atoms with Crippen LogP contribution in [0.5, 0.6) is 5.75 Å². The smallest absolute Gasteiger partial charge is 0.244 e. The molecule has 3 aromatic carbocycles. The second kappa shape index (κ2) is 9.14. The molecule has 0 spiro atoms. The number of nitrogens with one attached hydrogen (secondary N) is 1. The summed E-state index contributed by atoms with van der Waals surface area (Å²) in [5, 5.41) is 2.89. The maximum atomic E-state index is 13.6. The summed E-state index contributed by atoms with van der Waals surface area (Å²) in [4.78, 5) is 13.6. The van der Waals surface area contributed by atoms with Gasteiger partial charge in [0.1, 0.15) is 11.8 Å². The van der Waals surface area contributed by atoms with Gasteiger partial charge in [0.25, 0.3) is 0 Å². The van der Waals surface area contributed by atoms with E-state index >= 15 is 0 Å². The van der Waals surface area contributed by atoms with Gasteiger partial charge in [-0.3, -0.25) is 4.79 Å². The Kier molecular flexibility index (Phi) is 6.30. The second-order valence-electron chi connectivity index (χ2n) is 7.77. The van der Waals surface area contributed by atoms with Crippen molar-refractivity contribution in [1.82, 2.24) is 4.31 Å². The van der Waals surface area contributed by atoms with E-state index in [1.807, 2.05) is 44.2 Å². The number of anilines is 1. The van der Waals surface area contributed by atoms with Gasteiger partial charge in [0, 0.05) is 6.54 Å². The minimum Gasteiger partial charge on any atom is -0.492 e. The van der Waals surface area contributed by atoms with Gasteiger partial charge in [-0.2, -0.15) is 4.31 Å². The molecule has 1 amide bonds. The Bertz CT molecular complexity index is 1220. The summed E-state index contributed by atoms with van der Waals surface area (Å²) in [6.45, 7) is 4.36. The highest BCUT2D eigenvalue weighted by atomic mass is 32.2. The molecule has 0 saturated carbocycles. The zero-order chi connectivity index (χ0) is 22.7. The topological polar surface area (TPSA) is 75.7 Å². The second-order valence-corrected chi connectivity index (χ2v) is 9.66. The summed E-state index contributed by atoms with van der Waals surface area (Å²) < 4.78 is 34.0. The lowest BCUT2D eigenvalue weighted by atomic mass is 9.95. The monoisotopic (exact) mass is 450 g/mol. The van der Waals surface area contributed by atoms with Crippen molar-refractivity contribution in [3.63, 3.8) is 0 Å². The van der Waals surface area contributed by atoms with Gasteiger partial charge in [-0.05, 0) is 55.7 Å². The molecule has 32 heavy (non-hydrogen) atoms. The maximum Gasteiger partial charge on any atom is 0.244 e. The molecule has 0 aromatic heterocycles. The molecule has 6 nitrogen and oxygen atoms in total. The Balaban J connectivity index is 1.71. The first-order valence-corrected chi connectivity index (χ1v) is 12.0. The number of ether oxygens (including phenoxy) is 1. The third-order valence-corrected chi connectivity index (χ3v) is 7.45. The Hall–Kier alpha value is -3.16. The van der Waals surface area contributed by atoms with Gasteiger partial charge < -0.3 is 10.1 Å². The molecule has 0 aliphatic carbocycles. The van der Waals surface area contributed by atoms with Crippen LogP contribution in [0, 0.1) is 6.92 Å². The highest BCUT2D eigenvalue weighted by molar-refractivity contribution is 7.89. The zero-order valence-corrected chi connectivity index (χ0v) is 18.9. The highest BCUT2D eigenvalue weighted by Gasteiger charge is 2.39. The van der Waals surface area contributed by atoms with E-state index in [1.54, 1.807) is 42.5 Å². The molecular weight excluding hydrogens is 424 g/mol. The van der Waals surface area contributed by atoms with Gasteiger partial charge in [0.15, 0.2) is 0 Å². The van der Waals surface area contributed by atoms with Crippen LogP contribution in [-0.2, 0) is 27.8 Å². The summed E-state index contributed by atoms with van der Waals surface area (Å²) in [5.41, 5.74) is 3.36. The summed E-state index contributed by atoms with van der Waals surface area (Å²) in [6, 6.07) is 20.6. The fourth-order valence-electron chi connectivity index (χ4n) is 3.89. The molecule has 7 heteroatoms. The lowest BCUT2D eigenvalue weighted by Crippen LogP contribution is -2.50. The first kappa shape index (κ1) is 22.0. The minimum atomic E-state index is -3.89. The number of para-hydroxylation sites is 2. The summed E-state index contributed by atoms with van der Waals surface area (Å²) in [7, 11) is -3.89. The van der Waals surface area contributed by atoms with Crippen molar-refractivity contribution in [2.24, 2.45) is 0 Å². The van der Waals surface area contributed by atoms with Crippen molar-refractivity contribution < 1.29 is 17.9 Å². The Labute approximate surface area is 188 Å². The number of nitrogens with zero attached hydrogens (tertiary/aromatic N) is 1. The molecule has 1 atom stereocenters. The number of amides is 1. The van der Waals surface area contributed by atoms with Gasteiger partial charge in [-0.25, -0.2) is 8.42 Å². The van der Waals surface area contributed by atoms with Crippen LogP contribution in [0.1, 0.15) is 23.6 Å². The SMILES string of the molecule is CCOc1ccccc1NC(=O)[C@H]1Cc2ccccc2CN1S(=O)(=O)c1ccc(C)cc1. The molecule has 166 valence electrons. The van der Waals surface area contributed by atoms with Crippen molar-refractivity contribution in [1.29, 1.82) is 0 Å². The predicted molar refractivity (Wildman–Crippen MR) is 124 cm³/mol. The van der Waals surface area contributed by atoms with E-state index < -0.39 is 16.1 Å². The van der Waals surface area contributed by atoms with Crippen LogP contribution in [0.3, 0.4) is 0 Å². The molecular formula is C25H26N2O4S. The van der Waals surface area contributed by atoms with Crippen LogP contribution in [0.25, 0.3) is 0 Å². The van der Waals surface area contributed by atoms with E-state index in [0.29, 0.717) is 24.5 Å². The van der Waals surface area contributed by atoms with Crippen LogP contribution in [0.15, 0.2) is 77.7 Å². The fraction of sp³-hybridized carbons (Fsp3) is 0.240.